The van der Waals surface area contributed by atoms with Gasteiger partial charge in [-0.1, -0.05) is 19.9 Å². The summed E-state index contributed by atoms with van der Waals surface area (Å²) in [5, 5.41) is 11.7. The zero-order valence-electron chi connectivity index (χ0n) is 12.2. The number of carbonyl (C=O) groups excluding carboxylic acids is 1. The summed E-state index contributed by atoms with van der Waals surface area (Å²) in [5.74, 6) is -0.805. The van der Waals surface area contributed by atoms with Gasteiger partial charge in [-0.25, -0.2) is 9.78 Å². The van der Waals surface area contributed by atoms with Gasteiger partial charge in [0, 0.05) is 19.1 Å². The second-order valence-corrected chi connectivity index (χ2v) is 5.55. The molecule has 1 aliphatic rings. The highest BCUT2D eigenvalue weighted by Crippen LogP contribution is 2.26. The first kappa shape index (κ1) is 15.4. The van der Waals surface area contributed by atoms with Crippen molar-refractivity contribution in [3.05, 3.63) is 29.6 Å². The van der Waals surface area contributed by atoms with Crippen LogP contribution in [0, 0.1) is 11.8 Å². The van der Waals surface area contributed by atoms with Crippen LogP contribution in [-0.4, -0.2) is 41.2 Å². The number of carbonyl (C=O) groups is 2. The van der Waals surface area contributed by atoms with Crippen molar-refractivity contribution in [1.29, 1.82) is 0 Å². The van der Waals surface area contributed by atoms with Crippen molar-refractivity contribution in [2.24, 2.45) is 11.8 Å². The van der Waals surface area contributed by atoms with E-state index in [1.165, 1.54) is 18.2 Å². The number of hydrogen-bond acceptors (Lipinski definition) is 4. The Bertz CT molecular complexity index is 530. The van der Waals surface area contributed by atoms with E-state index < -0.39 is 5.97 Å². The molecule has 2 rings (SSSR count). The van der Waals surface area contributed by atoms with E-state index in [1.807, 2.05) is 0 Å². The fourth-order valence-corrected chi connectivity index (χ4v) is 2.61. The van der Waals surface area contributed by atoms with Crippen molar-refractivity contribution in [3.63, 3.8) is 0 Å². The Morgan fingerprint density at radius 2 is 2.14 bits per heavy atom. The Morgan fingerprint density at radius 3 is 2.81 bits per heavy atom. The molecule has 1 aromatic heterocycles. The first-order valence-corrected chi connectivity index (χ1v) is 7.09. The Kier molecular flexibility index (Phi) is 4.90. The molecule has 0 radical (unpaired) electrons. The molecule has 2 unspecified atom stereocenters. The number of carboxylic acid groups (broad SMARTS) is 1. The minimum atomic E-state index is -1.14. The topological polar surface area (TPSA) is 88.5 Å². The van der Waals surface area contributed by atoms with Crippen LogP contribution in [0.1, 0.15) is 41.2 Å². The summed E-state index contributed by atoms with van der Waals surface area (Å²) < 4.78 is 5.67. The molecule has 2 N–H and O–H groups in total. The number of ether oxygens (including phenoxy) is 1. The normalized spacial score (nSPS) is 21.5. The first-order valence-electron chi connectivity index (χ1n) is 7.09. The summed E-state index contributed by atoms with van der Waals surface area (Å²) >= 11 is 0. The third kappa shape index (κ3) is 3.78. The van der Waals surface area contributed by atoms with Gasteiger partial charge in [-0.3, -0.25) is 4.79 Å². The number of amides is 1. The molecule has 0 aliphatic carbocycles. The van der Waals surface area contributed by atoms with Crippen LogP contribution in [0.4, 0.5) is 0 Å². The number of hydrogen-bond donors (Lipinski definition) is 2. The minimum absolute atomic E-state index is 0.120. The van der Waals surface area contributed by atoms with Crippen LogP contribution in [0.3, 0.4) is 0 Å². The summed E-state index contributed by atoms with van der Waals surface area (Å²) in [7, 11) is 0. The largest absolute Gasteiger partial charge is 0.477 e. The maximum Gasteiger partial charge on any atom is 0.354 e. The summed E-state index contributed by atoms with van der Waals surface area (Å²) in [5.41, 5.74) is -0.0122. The molecule has 1 fully saturated rings. The lowest BCUT2D eigenvalue weighted by molar-refractivity contribution is 0.0533. The molecule has 1 saturated heterocycles. The van der Waals surface area contributed by atoms with Gasteiger partial charge in [0.15, 0.2) is 0 Å². The molecule has 2 heterocycles. The van der Waals surface area contributed by atoms with Gasteiger partial charge < -0.3 is 15.2 Å². The van der Waals surface area contributed by atoms with Crippen LogP contribution in [-0.2, 0) is 4.74 Å². The van der Waals surface area contributed by atoms with Gasteiger partial charge in [0.2, 0.25) is 0 Å². The fraction of sp³-hybridized carbons (Fsp3) is 0.533. The Labute approximate surface area is 123 Å². The number of pyridine rings is 1. The molecular formula is C15H20N2O4. The Morgan fingerprint density at radius 1 is 1.43 bits per heavy atom. The lowest BCUT2D eigenvalue weighted by Crippen LogP contribution is -2.35. The molecule has 0 aromatic carbocycles. The lowest BCUT2D eigenvalue weighted by Gasteiger charge is -2.22. The second-order valence-electron chi connectivity index (χ2n) is 5.55. The monoisotopic (exact) mass is 292 g/mol. The number of aromatic nitrogens is 1. The van der Waals surface area contributed by atoms with Crippen molar-refractivity contribution in [1.82, 2.24) is 10.3 Å². The van der Waals surface area contributed by atoms with Crippen molar-refractivity contribution in [2.75, 3.05) is 13.2 Å². The molecule has 114 valence electrons. The Hall–Kier alpha value is -1.95. The molecule has 6 heteroatoms. The number of nitrogens with zero attached hydrogens (tertiary/aromatic N) is 1. The molecule has 0 saturated carbocycles. The number of aromatic carboxylic acids is 1. The number of nitrogens with one attached hydrogen (secondary N) is 1. The third-order valence-corrected chi connectivity index (χ3v) is 3.65. The van der Waals surface area contributed by atoms with Gasteiger partial charge in [0.25, 0.3) is 5.91 Å². The number of rotatable bonds is 5. The molecule has 6 nitrogen and oxygen atoms in total. The zero-order chi connectivity index (χ0) is 15.4. The van der Waals surface area contributed by atoms with Gasteiger partial charge >= 0.3 is 5.97 Å². The smallest absolute Gasteiger partial charge is 0.354 e. The van der Waals surface area contributed by atoms with Crippen LogP contribution in [0.25, 0.3) is 0 Å². The highest BCUT2D eigenvalue weighted by atomic mass is 16.5. The summed E-state index contributed by atoms with van der Waals surface area (Å²) in [4.78, 5) is 26.7. The van der Waals surface area contributed by atoms with Crippen molar-refractivity contribution in [3.8, 4) is 0 Å². The van der Waals surface area contributed by atoms with E-state index in [9.17, 15) is 9.59 Å². The molecule has 1 amide bonds. The van der Waals surface area contributed by atoms with Crippen LogP contribution in [0.5, 0.6) is 0 Å². The van der Waals surface area contributed by atoms with Crippen LogP contribution in [0.15, 0.2) is 18.2 Å². The van der Waals surface area contributed by atoms with Gasteiger partial charge in [-0.2, -0.15) is 0 Å². The van der Waals surface area contributed by atoms with E-state index in [1.54, 1.807) is 0 Å². The zero-order valence-corrected chi connectivity index (χ0v) is 12.2. The van der Waals surface area contributed by atoms with E-state index in [2.05, 4.69) is 24.1 Å². The summed E-state index contributed by atoms with van der Waals surface area (Å²) in [6.45, 7) is 5.43. The quantitative estimate of drug-likeness (QED) is 0.860. The molecule has 1 aliphatic heterocycles. The molecule has 2 atom stereocenters. The van der Waals surface area contributed by atoms with Crippen LogP contribution in [0.2, 0.25) is 0 Å². The fourth-order valence-electron chi connectivity index (χ4n) is 2.61. The van der Waals surface area contributed by atoms with Gasteiger partial charge in [0.05, 0.1) is 6.10 Å². The molecule has 0 spiro atoms. The molecule has 21 heavy (non-hydrogen) atoms. The van der Waals surface area contributed by atoms with Gasteiger partial charge in [-0.15, -0.1) is 0 Å². The van der Waals surface area contributed by atoms with E-state index in [4.69, 9.17) is 9.84 Å². The van der Waals surface area contributed by atoms with Gasteiger partial charge in [0.1, 0.15) is 11.4 Å². The number of carboxylic acids is 1. The predicted octanol–water partition coefficient (Wildman–Crippen LogP) is 1.57. The van der Waals surface area contributed by atoms with Gasteiger partial charge in [-0.05, 0) is 24.5 Å². The first-order chi connectivity index (χ1) is 9.99. The second kappa shape index (κ2) is 6.67. The SMILES string of the molecule is CC(C)C1OCCC1CNC(=O)c1cccc(C(=O)O)n1. The van der Waals surface area contributed by atoms with Crippen molar-refractivity contribution < 1.29 is 19.4 Å². The van der Waals surface area contributed by atoms with Crippen LogP contribution >= 0.6 is 0 Å². The Balaban J connectivity index is 1.96. The third-order valence-electron chi connectivity index (χ3n) is 3.65. The van der Waals surface area contributed by atoms with E-state index >= 15 is 0 Å². The highest BCUT2D eigenvalue weighted by molar-refractivity contribution is 5.94. The maximum atomic E-state index is 12.0. The highest BCUT2D eigenvalue weighted by Gasteiger charge is 2.30. The van der Waals surface area contributed by atoms with E-state index in [0.717, 1.165) is 13.0 Å². The van der Waals surface area contributed by atoms with Crippen molar-refractivity contribution >= 4 is 11.9 Å². The standard InChI is InChI=1S/C15H20N2O4/c1-9(2)13-10(6-7-21-13)8-16-14(18)11-4-3-5-12(17-11)15(19)20/h3-5,9-10,13H,6-8H2,1-2H3,(H,16,18)(H,19,20). The minimum Gasteiger partial charge on any atom is -0.477 e. The van der Waals surface area contributed by atoms with E-state index in [-0.39, 0.29) is 29.3 Å². The summed E-state index contributed by atoms with van der Waals surface area (Å²) in [6, 6.07) is 4.38. The average molecular weight is 292 g/mol. The van der Waals surface area contributed by atoms with Crippen molar-refractivity contribution in [2.45, 2.75) is 26.4 Å². The summed E-state index contributed by atoms with van der Waals surface area (Å²) in [6.07, 6.45) is 1.08. The molecule has 1 aromatic rings. The van der Waals surface area contributed by atoms with Crippen LogP contribution < -0.4 is 5.32 Å². The average Bonchev–Trinajstić information content (AvgIpc) is 2.93. The van der Waals surface area contributed by atoms with E-state index in [0.29, 0.717) is 12.5 Å². The predicted molar refractivity (Wildman–Crippen MR) is 76.2 cm³/mol. The maximum absolute atomic E-state index is 12.0. The molecular weight excluding hydrogens is 272 g/mol. The molecule has 0 bridgehead atoms. The lowest BCUT2D eigenvalue weighted by atomic mass is 9.93.